The fourth-order valence-electron chi connectivity index (χ4n) is 2.17. The van der Waals surface area contributed by atoms with Gasteiger partial charge in [-0.25, -0.2) is 4.39 Å². The number of hydrogen-bond acceptors (Lipinski definition) is 2. The molecule has 0 aliphatic carbocycles. The molecule has 0 amide bonds. The van der Waals surface area contributed by atoms with E-state index < -0.39 is 23.3 Å². The van der Waals surface area contributed by atoms with Gasteiger partial charge in [0, 0.05) is 18.4 Å². The molecule has 126 valence electrons. The van der Waals surface area contributed by atoms with Crippen molar-refractivity contribution < 1.29 is 22.4 Å². The van der Waals surface area contributed by atoms with Crippen molar-refractivity contribution >= 4 is 17.0 Å². The molecule has 0 fully saturated rings. The topological polar surface area (TPSA) is 20.3 Å². The molecule has 0 bridgehead atoms. The summed E-state index contributed by atoms with van der Waals surface area (Å²) >= 11 is 0. The zero-order valence-corrected chi connectivity index (χ0v) is 12.8. The Morgan fingerprint density at radius 3 is 2.12 bits per heavy atom. The van der Waals surface area contributed by atoms with Crippen molar-refractivity contribution in [2.45, 2.75) is 13.1 Å². The molecular formula is C18H15F4NO. The molecule has 6 heteroatoms. The van der Waals surface area contributed by atoms with Gasteiger partial charge in [0.1, 0.15) is 5.82 Å². The van der Waals surface area contributed by atoms with Crippen molar-refractivity contribution in [2.24, 2.45) is 0 Å². The highest BCUT2D eigenvalue weighted by molar-refractivity contribution is 6.23. The summed E-state index contributed by atoms with van der Waals surface area (Å²) in [5.41, 5.74) is 0.192. The number of hydrogen-bond donors (Lipinski definition) is 0. The van der Waals surface area contributed by atoms with E-state index in [2.05, 4.69) is 0 Å². The van der Waals surface area contributed by atoms with Gasteiger partial charge < -0.3 is 4.90 Å². The van der Waals surface area contributed by atoms with Gasteiger partial charge in [-0.15, -0.1) is 0 Å². The van der Waals surface area contributed by atoms with Crippen LogP contribution in [0.3, 0.4) is 0 Å². The predicted octanol–water partition coefficient (Wildman–Crippen LogP) is 4.82. The molecule has 0 unspecified atom stereocenters. The van der Waals surface area contributed by atoms with Crippen molar-refractivity contribution in [2.75, 3.05) is 11.4 Å². The molecule has 0 aromatic heterocycles. The molecule has 0 saturated carbocycles. The average molecular weight is 337 g/mol. The lowest BCUT2D eigenvalue weighted by atomic mass is 10.0. The maximum Gasteiger partial charge on any atom is 0.454 e. The number of halogens is 4. The molecule has 0 saturated heterocycles. The minimum Gasteiger partial charge on any atom is -0.348 e. The van der Waals surface area contributed by atoms with E-state index in [-0.39, 0.29) is 5.56 Å². The van der Waals surface area contributed by atoms with E-state index in [1.807, 2.05) is 0 Å². The van der Waals surface area contributed by atoms with Crippen LogP contribution in [0, 0.1) is 5.82 Å². The zero-order chi connectivity index (χ0) is 17.7. The molecule has 0 aliphatic heterocycles. The van der Waals surface area contributed by atoms with Crippen molar-refractivity contribution in [1.82, 2.24) is 0 Å². The minimum atomic E-state index is -4.98. The van der Waals surface area contributed by atoms with Gasteiger partial charge in [-0.3, -0.25) is 4.79 Å². The third-order valence-corrected chi connectivity index (χ3v) is 3.37. The summed E-state index contributed by atoms with van der Waals surface area (Å²) in [7, 11) is 0. The zero-order valence-electron chi connectivity index (χ0n) is 12.8. The Balaban J connectivity index is 2.50. The monoisotopic (exact) mass is 337 g/mol. The molecule has 2 rings (SSSR count). The van der Waals surface area contributed by atoms with Gasteiger partial charge in [0.05, 0.1) is 5.57 Å². The van der Waals surface area contributed by atoms with E-state index in [4.69, 9.17) is 0 Å². The van der Waals surface area contributed by atoms with Crippen LogP contribution < -0.4 is 4.90 Å². The first-order valence-corrected chi connectivity index (χ1v) is 7.24. The van der Waals surface area contributed by atoms with Gasteiger partial charge in [-0.2, -0.15) is 13.2 Å². The number of allylic oxidation sites excluding steroid dienone is 1. The van der Waals surface area contributed by atoms with Gasteiger partial charge in [0.15, 0.2) is 0 Å². The molecule has 0 N–H and O–H groups in total. The third kappa shape index (κ3) is 4.22. The fourth-order valence-corrected chi connectivity index (χ4v) is 2.17. The van der Waals surface area contributed by atoms with E-state index in [0.29, 0.717) is 12.2 Å². The van der Waals surface area contributed by atoms with E-state index >= 15 is 0 Å². The quantitative estimate of drug-likeness (QED) is 0.576. The fraction of sp³-hybridized carbons (Fsp3) is 0.167. The number of benzene rings is 2. The van der Waals surface area contributed by atoms with Crippen LogP contribution in [0.25, 0.3) is 5.57 Å². The number of carbonyl (C=O) groups excluding carboxylic acids is 1. The molecule has 2 aromatic rings. The maximum absolute atomic E-state index is 13.0. The Kier molecular flexibility index (Phi) is 5.39. The van der Waals surface area contributed by atoms with E-state index in [1.54, 1.807) is 25.1 Å². The molecule has 0 aliphatic rings. The Labute approximate surface area is 137 Å². The van der Waals surface area contributed by atoms with Crippen LogP contribution in [0.2, 0.25) is 0 Å². The molecule has 2 aromatic carbocycles. The number of anilines is 1. The van der Waals surface area contributed by atoms with Crippen LogP contribution in [-0.2, 0) is 4.79 Å². The van der Waals surface area contributed by atoms with Crippen LogP contribution in [0.15, 0.2) is 60.8 Å². The minimum absolute atomic E-state index is 0.167. The average Bonchev–Trinajstić information content (AvgIpc) is 2.56. The second-order valence-corrected chi connectivity index (χ2v) is 5.00. The van der Waals surface area contributed by atoms with Crippen LogP contribution >= 0.6 is 0 Å². The van der Waals surface area contributed by atoms with Gasteiger partial charge in [0.2, 0.25) is 0 Å². The number of ketones is 1. The van der Waals surface area contributed by atoms with E-state index in [1.165, 1.54) is 41.3 Å². The first-order chi connectivity index (χ1) is 11.3. The summed E-state index contributed by atoms with van der Waals surface area (Å²) in [6.45, 7) is 2.04. The molecule has 0 radical (unpaired) electrons. The third-order valence-electron chi connectivity index (χ3n) is 3.37. The molecule has 0 atom stereocenters. The Hall–Kier alpha value is -2.63. The lowest BCUT2D eigenvalue weighted by Gasteiger charge is -2.21. The molecular weight excluding hydrogens is 322 g/mol. The highest BCUT2D eigenvalue weighted by atomic mass is 19.4. The van der Waals surface area contributed by atoms with Crippen LogP contribution in [0.5, 0.6) is 0 Å². The summed E-state index contributed by atoms with van der Waals surface area (Å²) in [5.74, 6) is -2.37. The van der Waals surface area contributed by atoms with Crippen molar-refractivity contribution in [1.29, 1.82) is 0 Å². The summed E-state index contributed by atoms with van der Waals surface area (Å²) in [6.07, 6.45) is -3.83. The summed E-state index contributed by atoms with van der Waals surface area (Å²) in [4.78, 5) is 13.3. The SMILES string of the molecule is CCN(/C=C(\C(=O)C(F)(F)F)c1ccccc1)c1ccc(F)cc1. The Morgan fingerprint density at radius 2 is 1.62 bits per heavy atom. The number of rotatable bonds is 5. The number of Topliss-reactive ketones (excluding diaryl/α,β-unsaturated/α-hetero) is 1. The largest absolute Gasteiger partial charge is 0.454 e. The van der Waals surface area contributed by atoms with Crippen LogP contribution in [0.4, 0.5) is 23.2 Å². The number of nitrogens with zero attached hydrogens (tertiary/aromatic N) is 1. The second-order valence-electron chi connectivity index (χ2n) is 5.00. The van der Waals surface area contributed by atoms with Gasteiger partial charge in [-0.1, -0.05) is 30.3 Å². The number of alkyl halides is 3. The lowest BCUT2D eigenvalue weighted by Crippen LogP contribution is -2.26. The lowest BCUT2D eigenvalue weighted by molar-refractivity contribution is -0.164. The van der Waals surface area contributed by atoms with Crippen molar-refractivity contribution in [3.63, 3.8) is 0 Å². The molecule has 24 heavy (non-hydrogen) atoms. The maximum atomic E-state index is 13.0. The normalized spacial score (nSPS) is 12.1. The molecule has 0 heterocycles. The summed E-state index contributed by atoms with van der Waals surface area (Å²) < 4.78 is 51.8. The smallest absolute Gasteiger partial charge is 0.348 e. The molecule has 2 nitrogen and oxygen atoms in total. The van der Waals surface area contributed by atoms with E-state index in [9.17, 15) is 22.4 Å². The van der Waals surface area contributed by atoms with Gasteiger partial charge in [0.25, 0.3) is 5.78 Å². The standard InChI is InChI=1S/C18H15F4NO/c1-2-23(15-10-8-14(19)9-11-15)12-16(17(24)18(20,21)22)13-6-4-3-5-7-13/h3-12H,2H2,1H3/b16-12-. The highest BCUT2D eigenvalue weighted by Gasteiger charge is 2.41. The Morgan fingerprint density at radius 1 is 1.04 bits per heavy atom. The first kappa shape index (κ1) is 17.7. The molecule has 0 spiro atoms. The second kappa shape index (κ2) is 7.29. The van der Waals surface area contributed by atoms with E-state index in [0.717, 1.165) is 6.20 Å². The van der Waals surface area contributed by atoms with Crippen LogP contribution in [0.1, 0.15) is 12.5 Å². The van der Waals surface area contributed by atoms with Crippen molar-refractivity contribution in [3.8, 4) is 0 Å². The van der Waals surface area contributed by atoms with Crippen LogP contribution in [-0.4, -0.2) is 18.5 Å². The first-order valence-electron chi connectivity index (χ1n) is 7.24. The number of carbonyl (C=O) groups is 1. The summed E-state index contributed by atoms with van der Waals surface area (Å²) in [6, 6.07) is 12.9. The highest BCUT2D eigenvalue weighted by Crippen LogP contribution is 2.28. The van der Waals surface area contributed by atoms with Crippen molar-refractivity contribution in [3.05, 3.63) is 72.2 Å². The van der Waals surface area contributed by atoms with Gasteiger partial charge >= 0.3 is 6.18 Å². The predicted molar refractivity (Wildman–Crippen MR) is 84.9 cm³/mol. The summed E-state index contributed by atoms with van der Waals surface area (Å²) in [5, 5.41) is 0. The Bertz CT molecular complexity index is 721. The van der Waals surface area contributed by atoms with Gasteiger partial charge in [-0.05, 0) is 36.8 Å².